The van der Waals surface area contributed by atoms with Crippen LogP contribution >= 0.6 is 11.6 Å². The molecule has 0 heterocycles. The maximum absolute atomic E-state index is 13.9. The highest BCUT2D eigenvalue weighted by Gasteiger charge is 2.13. The molecular weight excluding hydrogens is 431 g/mol. The van der Waals surface area contributed by atoms with Crippen LogP contribution in [-0.2, 0) is 11.4 Å². The van der Waals surface area contributed by atoms with E-state index in [1.165, 1.54) is 12.1 Å². The molecule has 0 aliphatic heterocycles. The minimum atomic E-state index is -0.586. The molecule has 0 aliphatic rings. The molecule has 0 saturated carbocycles. The lowest BCUT2D eigenvalue weighted by Crippen LogP contribution is -2.13. The summed E-state index contributed by atoms with van der Waals surface area (Å²) in [6.45, 7) is 2.40. The van der Waals surface area contributed by atoms with Crippen LogP contribution in [0, 0.1) is 17.1 Å². The number of carbonyl (C=O) groups excluding carboxylic acids is 1. The van der Waals surface area contributed by atoms with Crippen molar-refractivity contribution in [2.24, 2.45) is 0 Å². The van der Waals surface area contributed by atoms with Crippen molar-refractivity contribution in [3.63, 3.8) is 0 Å². The Morgan fingerprint density at radius 2 is 1.88 bits per heavy atom. The number of halogens is 2. The predicted octanol–water partition coefficient (Wildman–Crippen LogP) is 6.00. The van der Waals surface area contributed by atoms with E-state index in [-0.39, 0.29) is 18.0 Å². The van der Waals surface area contributed by atoms with Crippen molar-refractivity contribution in [3.8, 4) is 17.6 Å². The summed E-state index contributed by atoms with van der Waals surface area (Å²) in [5.74, 6) is 0.0686. The van der Waals surface area contributed by atoms with E-state index in [1.807, 2.05) is 13.0 Å². The smallest absolute Gasteiger partial charge is 0.266 e. The summed E-state index contributed by atoms with van der Waals surface area (Å²) >= 11 is 6.10. The van der Waals surface area contributed by atoms with Crippen LogP contribution in [0.1, 0.15) is 18.1 Å². The van der Waals surface area contributed by atoms with Crippen molar-refractivity contribution >= 4 is 29.3 Å². The number of hydrogen-bond acceptors (Lipinski definition) is 4. The van der Waals surface area contributed by atoms with Gasteiger partial charge >= 0.3 is 0 Å². The van der Waals surface area contributed by atoms with Gasteiger partial charge in [-0.2, -0.15) is 5.26 Å². The third kappa shape index (κ3) is 6.10. The summed E-state index contributed by atoms with van der Waals surface area (Å²) in [5.41, 5.74) is 1.18. The molecule has 3 aromatic rings. The van der Waals surface area contributed by atoms with Gasteiger partial charge < -0.3 is 14.8 Å². The van der Waals surface area contributed by atoms with Crippen molar-refractivity contribution in [2.45, 2.75) is 13.5 Å². The summed E-state index contributed by atoms with van der Waals surface area (Å²) in [7, 11) is 0. The van der Waals surface area contributed by atoms with Crippen molar-refractivity contribution in [2.75, 3.05) is 11.9 Å². The number of ether oxygens (including phenoxy) is 2. The number of carbonyl (C=O) groups is 1. The fourth-order valence-electron chi connectivity index (χ4n) is 2.84. The molecule has 0 fully saturated rings. The Labute approximate surface area is 190 Å². The monoisotopic (exact) mass is 450 g/mol. The lowest BCUT2D eigenvalue weighted by Gasteiger charge is -2.11. The maximum atomic E-state index is 13.9. The fraction of sp³-hybridized carbons (Fsp3) is 0.120. The van der Waals surface area contributed by atoms with Gasteiger partial charge in [0.25, 0.3) is 5.91 Å². The summed E-state index contributed by atoms with van der Waals surface area (Å²) < 4.78 is 25.0. The van der Waals surface area contributed by atoms with Crippen LogP contribution in [0.5, 0.6) is 11.5 Å². The lowest BCUT2D eigenvalue weighted by atomic mass is 10.1. The van der Waals surface area contributed by atoms with E-state index in [1.54, 1.807) is 60.7 Å². The number of nitriles is 1. The van der Waals surface area contributed by atoms with Gasteiger partial charge in [0, 0.05) is 21.8 Å². The molecule has 32 heavy (non-hydrogen) atoms. The van der Waals surface area contributed by atoms with Gasteiger partial charge in [0.2, 0.25) is 0 Å². The Morgan fingerprint density at radius 3 is 2.56 bits per heavy atom. The molecule has 0 radical (unpaired) electrons. The number of benzene rings is 3. The van der Waals surface area contributed by atoms with Gasteiger partial charge in [-0.15, -0.1) is 0 Å². The molecule has 0 saturated heterocycles. The summed E-state index contributed by atoms with van der Waals surface area (Å²) in [6.07, 6.45) is 1.38. The normalized spacial score (nSPS) is 10.9. The van der Waals surface area contributed by atoms with E-state index in [0.29, 0.717) is 39.9 Å². The van der Waals surface area contributed by atoms with E-state index < -0.39 is 5.91 Å². The van der Waals surface area contributed by atoms with Crippen LogP contribution in [0.25, 0.3) is 6.08 Å². The Kier molecular flexibility index (Phi) is 7.85. The molecule has 1 N–H and O–H groups in total. The van der Waals surface area contributed by atoms with E-state index >= 15 is 0 Å². The van der Waals surface area contributed by atoms with E-state index in [0.717, 1.165) is 0 Å². The highest BCUT2D eigenvalue weighted by molar-refractivity contribution is 6.30. The second-order valence-corrected chi connectivity index (χ2v) is 7.08. The Bertz CT molecular complexity index is 1170. The lowest BCUT2D eigenvalue weighted by molar-refractivity contribution is -0.112. The second kappa shape index (κ2) is 11.0. The molecule has 0 atom stereocenters. The first-order valence-electron chi connectivity index (χ1n) is 9.82. The van der Waals surface area contributed by atoms with Gasteiger partial charge in [-0.05, 0) is 61.5 Å². The third-order valence-electron chi connectivity index (χ3n) is 4.40. The molecule has 0 aliphatic carbocycles. The SMILES string of the molecule is CCOc1ccc(NC(=O)/C(C#N)=C/c2cc(Cl)ccc2OCc2ccccc2F)cc1. The topological polar surface area (TPSA) is 71.3 Å². The zero-order chi connectivity index (χ0) is 22.9. The maximum Gasteiger partial charge on any atom is 0.266 e. The van der Waals surface area contributed by atoms with Crippen LogP contribution < -0.4 is 14.8 Å². The molecule has 0 unspecified atom stereocenters. The summed E-state index contributed by atoms with van der Waals surface area (Å²) in [5, 5.41) is 12.6. The molecule has 0 bridgehead atoms. The molecule has 3 rings (SSSR count). The van der Waals surface area contributed by atoms with E-state index in [9.17, 15) is 14.4 Å². The minimum Gasteiger partial charge on any atom is -0.494 e. The number of nitrogens with one attached hydrogen (secondary N) is 1. The van der Waals surface area contributed by atoms with Gasteiger partial charge in [0.1, 0.15) is 35.6 Å². The zero-order valence-electron chi connectivity index (χ0n) is 17.3. The van der Waals surface area contributed by atoms with E-state index in [2.05, 4.69) is 5.32 Å². The highest BCUT2D eigenvalue weighted by atomic mass is 35.5. The van der Waals surface area contributed by atoms with Gasteiger partial charge in [0.15, 0.2) is 0 Å². The minimum absolute atomic E-state index is 0.0184. The van der Waals surface area contributed by atoms with Gasteiger partial charge in [-0.25, -0.2) is 4.39 Å². The summed E-state index contributed by atoms with van der Waals surface area (Å²) in [6, 6.07) is 19.8. The standard InChI is InChI=1S/C25H20ClFN2O3/c1-2-31-22-10-8-21(9-11-22)29-25(30)19(15-28)13-18-14-20(26)7-12-24(18)32-16-17-5-3-4-6-23(17)27/h3-14H,2,16H2,1H3,(H,29,30)/b19-13+. The molecule has 5 nitrogen and oxygen atoms in total. The van der Waals surface area contributed by atoms with Crippen LogP contribution in [0.15, 0.2) is 72.3 Å². The molecule has 1 amide bonds. The van der Waals surface area contributed by atoms with Crippen LogP contribution in [0.3, 0.4) is 0 Å². The average molecular weight is 451 g/mol. The predicted molar refractivity (Wildman–Crippen MR) is 122 cm³/mol. The highest BCUT2D eigenvalue weighted by Crippen LogP contribution is 2.27. The molecular formula is C25H20ClFN2O3. The van der Waals surface area contributed by atoms with E-state index in [4.69, 9.17) is 21.1 Å². The van der Waals surface area contributed by atoms with Gasteiger partial charge in [0.05, 0.1) is 6.61 Å². The number of rotatable bonds is 8. The zero-order valence-corrected chi connectivity index (χ0v) is 18.0. The van der Waals surface area contributed by atoms with Crippen LogP contribution in [0.4, 0.5) is 10.1 Å². The average Bonchev–Trinajstić information content (AvgIpc) is 2.79. The van der Waals surface area contributed by atoms with Crippen molar-refractivity contribution in [1.82, 2.24) is 0 Å². The van der Waals surface area contributed by atoms with Crippen molar-refractivity contribution in [3.05, 3.63) is 94.3 Å². The molecule has 0 spiro atoms. The third-order valence-corrected chi connectivity index (χ3v) is 4.64. The molecule has 3 aromatic carbocycles. The number of hydrogen-bond donors (Lipinski definition) is 1. The first-order valence-corrected chi connectivity index (χ1v) is 10.2. The van der Waals surface area contributed by atoms with Crippen LogP contribution in [-0.4, -0.2) is 12.5 Å². The Hall–Kier alpha value is -3.82. The van der Waals surface area contributed by atoms with Gasteiger partial charge in [-0.3, -0.25) is 4.79 Å². The Balaban J connectivity index is 1.79. The fourth-order valence-corrected chi connectivity index (χ4v) is 3.02. The largest absolute Gasteiger partial charge is 0.494 e. The van der Waals surface area contributed by atoms with Crippen LogP contribution in [0.2, 0.25) is 5.02 Å². The molecule has 162 valence electrons. The van der Waals surface area contributed by atoms with Crippen molar-refractivity contribution in [1.29, 1.82) is 5.26 Å². The number of amides is 1. The number of nitrogens with zero attached hydrogens (tertiary/aromatic N) is 1. The second-order valence-electron chi connectivity index (χ2n) is 6.64. The Morgan fingerprint density at radius 1 is 1.12 bits per heavy atom. The quantitative estimate of drug-likeness (QED) is 0.337. The first-order chi connectivity index (χ1) is 15.5. The van der Waals surface area contributed by atoms with Gasteiger partial charge in [-0.1, -0.05) is 29.8 Å². The van der Waals surface area contributed by atoms with Crippen molar-refractivity contribution < 1.29 is 18.7 Å². The first kappa shape index (κ1) is 22.9. The molecule has 7 heteroatoms. The summed E-state index contributed by atoms with van der Waals surface area (Å²) in [4.78, 5) is 12.6. The number of anilines is 1. The molecule has 0 aromatic heterocycles.